The Morgan fingerprint density at radius 3 is 2.96 bits per heavy atom. The topological polar surface area (TPSA) is 76.6 Å². The van der Waals surface area contributed by atoms with Crippen molar-refractivity contribution < 1.29 is 14.3 Å². The van der Waals surface area contributed by atoms with Gasteiger partial charge in [-0.05, 0) is 31.0 Å². The van der Waals surface area contributed by atoms with Crippen LogP contribution in [0.1, 0.15) is 24.4 Å². The highest BCUT2D eigenvalue weighted by Gasteiger charge is 2.32. The SMILES string of the molecule is COc1ccc(OC)c([C@H]2CCCN2C(=O)Nc2nncs2)c1. The number of rotatable bonds is 4. The molecule has 2 amide bonds. The van der Waals surface area contributed by atoms with Crippen LogP contribution in [-0.4, -0.2) is 41.9 Å². The highest BCUT2D eigenvalue weighted by atomic mass is 32.1. The summed E-state index contributed by atoms with van der Waals surface area (Å²) in [5.41, 5.74) is 2.54. The number of hydrogen-bond donors (Lipinski definition) is 1. The summed E-state index contributed by atoms with van der Waals surface area (Å²) in [6, 6.07) is 5.43. The first-order chi connectivity index (χ1) is 11.2. The Morgan fingerprint density at radius 1 is 1.39 bits per heavy atom. The molecule has 1 atom stereocenters. The maximum absolute atomic E-state index is 12.5. The second-order valence-electron chi connectivity index (χ2n) is 5.13. The first-order valence-electron chi connectivity index (χ1n) is 7.28. The van der Waals surface area contributed by atoms with E-state index in [4.69, 9.17) is 9.47 Å². The second-order valence-corrected chi connectivity index (χ2v) is 5.97. The van der Waals surface area contributed by atoms with E-state index in [-0.39, 0.29) is 12.1 Å². The van der Waals surface area contributed by atoms with E-state index in [2.05, 4.69) is 15.5 Å². The van der Waals surface area contributed by atoms with Crippen molar-refractivity contribution in [3.8, 4) is 11.5 Å². The number of ether oxygens (including phenoxy) is 2. The van der Waals surface area contributed by atoms with E-state index in [1.165, 1.54) is 11.3 Å². The zero-order valence-electron chi connectivity index (χ0n) is 13.0. The quantitative estimate of drug-likeness (QED) is 0.930. The Kier molecular flexibility index (Phi) is 4.61. The predicted octanol–water partition coefficient (Wildman–Crippen LogP) is 2.92. The van der Waals surface area contributed by atoms with Gasteiger partial charge in [0, 0.05) is 12.1 Å². The number of methoxy groups -OCH3 is 2. The molecule has 2 heterocycles. The molecule has 0 aliphatic carbocycles. The molecule has 23 heavy (non-hydrogen) atoms. The van der Waals surface area contributed by atoms with Crippen LogP contribution < -0.4 is 14.8 Å². The Hall–Kier alpha value is -2.35. The number of amides is 2. The highest BCUT2D eigenvalue weighted by Crippen LogP contribution is 2.39. The van der Waals surface area contributed by atoms with Crippen molar-refractivity contribution in [1.82, 2.24) is 15.1 Å². The molecule has 2 aromatic rings. The molecule has 1 aromatic heterocycles. The molecule has 122 valence electrons. The average Bonchev–Trinajstić information content (AvgIpc) is 3.25. The molecule has 0 unspecified atom stereocenters. The number of urea groups is 1. The standard InChI is InChI=1S/C15H18N4O3S/c1-21-10-5-6-13(22-2)11(8-10)12-4-3-7-19(12)15(20)17-14-18-16-9-23-14/h5-6,8-9,12H,3-4,7H2,1-2H3,(H,17,18,20)/t12-/m1/s1. The van der Waals surface area contributed by atoms with Gasteiger partial charge in [0.15, 0.2) is 0 Å². The minimum Gasteiger partial charge on any atom is -0.497 e. The van der Waals surface area contributed by atoms with Crippen LogP contribution in [0.3, 0.4) is 0 Å². The zero-order valence-corrected chi connectivity index (χ0v) is 13.8. The molecule has 7 nitrogen and oxygen atoms in total. The monoisotopic (exact) mass is 334 g/mol. The lowest BCUT2D eigenvalue weighted by Gasteiger charge is -2.26. The van der Waals surface area contributed by atoms with Crippen LogP contribution in [0.2, 0.25) is 0 Å². The van der Waals surface area contributed by atoms with Gasteiger partial charge in [0.1, 0.15) is 17.0 Å². The van der Waals surface area contributed by atoms with E-state index in [0.717, 1.165) is 29.9 Å². The summed E-state index contributed by atoms with van der Waals surface area (Å²) in [7, 11) is 3.26. The number of anilines is 1. The van der Waals surface area contributed by atoms with Crippen LogP contribution in [0.15, 0.2) is 23.7 Å². The molecule has 0 spiro atoms. The van der Waals surface area contributed by atoms with Crippen LogP contribution >= 0.6 is 11.3 Å². The van der Waals surface area contributed by atoms with Crippen LogP contribution in [0.25, 0.3) is 0 Å². The lowest BCUT2D eigenvalue weighted by Crippen LogP contribution is -2.34. The first kappa shape index (κ1) is 15.5. The molecule has 0 bridgehead atoms. The Labute approximate surface area is 138 Å². The van der Waals surface area contributed by atoms with Crippen LogP contribution in [0.5, 0.6) is 11.5 Å². The number of carbonyl (C=O) groups excluding carboxylic acids is 1. The predicted molar refractivity (Wildman–Crippen MR) is 87.2 cm³/mol. The minimum atomic E-state index is -0.172. The summed E-state index contributed by atoms with van der Waals surface area (Å²) < 4.78 is 10.8. The molecule has 0 saturated carbocycles. The fraction of sp³-hybridized carbons (Fsp3) is 0.400. The largest absolute Gasteiger partial charge is 0.497 e. The fourth-order valence-electron chi connectivity index (χ4n) is 2.82. The van der Waals surface area contributed by atoms with E-state index in [1.54, 1.807) is 24.6 Å². The molecule has 1 aliphatic heterocycles. The summed E-state index contributed by atoms with van der Waals surface area (Å²) >= 11 is 1.30. The molecular weight excluding hydrogens is 316 g/mol. The Bertz CT molecular complexity index is 677. The van der Waals surface area contributed by atoms with Gasteiger partial charge >= 0.3 is 6.03 Å². The van der Waals surface area contributed by atoms with E-state index < -0.39 is 0 Å². The third-order valence-corrected chi connectivity index (χ3v) is 4.49. The number of benzene rings is 1. The number of nitrogens with zero attached hydrogens (tertiary/aromatic N) is 3. The normalized spacial score (nSPS) is 17.1. The van der Waals surface area contributed by atoms with Gasteiger partial charge in [-0.1, -0.05) is 11.3 Å². The third kappa shape index (κ3) is 3.21. The minimum absolute atomic E-state index is 0.0482. The summed E-state index contributed by atoms with van der Waals surface area (Å²) in [6.07, 6.45) is 1.82. The number of aromatic nitrogens is 2. The van der Waals surface area contributed by atoms with Gasteiger partial charge in [-0.3, -0.25) is 5.32 Å². The van der Waals surface area contributed by atoms with Crippen molar-refractivity contribution in [2.45, 2.75) is 18.9 Å². The van der Waals surface area contributed by atoms with Crippen molar-refractivity contribution in [2.75, 3.05) is 26.1 Å². The van der Waals surface area contributed by atoms with E-state index in [9.17, 15) is 4.79 Å². The van der Waals surface area contributed by atoms with Crippen molar-refractivity contribution in [2.24, 2.45) is 0 Å². The van der Waals surface area contributed by atoms with Gasteiger partial charge in [0.05, 0.1) is 20.3 Å². The second kappa shape index (κ2) is 6.82. The summed E-state index contributed by atoms with van der Waals surface area (Å²) in [5, 5.41) is 10.9. The molecule has 1 saturated heterocycles. The Morgan fingerprint density at radius 2 is 2.26 bits per heavy atom. The molecule has 1 aliphatic rings. The first-order valence-corrected chi connectivity index (χ1v) is 8.16. The van der Waals surface area contributed by atoms with Gasteiger partial charge < -0.3 is 14.4 Å². The number of carbonyl (C=O) groups is 1. The van der Waals surface area contributed by atoms with Crippen molar-refractivity contribution in [3.05, 3.63) is 29.3 Å². The molecular formula is C15H18N4O3S. The number of nitrogens with one attached hydrogen (secondary N) is 1. The fourth-order valence-corrected chi connectivity index (χ4v) is 3.26. The molecule has 1 fully saturated rings. The Balaban J connectivity index is 1.85. The third-order valence-electron chi connectivity index (χ3n) is 3.88. The van der Waals surface area contributed by atoms with E-state index in [0.29, 0.717) is 11.7 Å². The average molecular weight is 334 g/mol. The zero-order chi connectivity index (χ0) is 16.2. The van der Waals surface area contributed by atoms with Crippen molar-refractivity contribution in [3.63, 3.8) is 0 Å². The lowest BCUT2D eigenvalue weighted by molar-refractivity contribution is 0.206. The summed E-state index contributed by atoms with van der Waals surface area (Å²) in [6.45, 7) is 0.690. The smallest absolute Gasteiger partial charge is 0.324 e. The van der Waals surface area contributed by atoms with Crippen LogP contribution in [0.4, 0.5) is 9.93 Å². The van der Waals surface area contributed by atoms with Gasteiger partial charge in [-0.15, -0.1) is 10.2 Å². The highest BCUT2D eigenvalue weighted by molar-refractivity contribution is 7.13. The van der Waals surface area contributed by atoms with Gasteiger partial charge in [-0.2, -0.15) is 0 Å². The van der Waals surface area contributed by atoms with Gasteiger partial charge in [-0.25, -0.2) is 4.79 Å². The maximum Gasteiger partial charge on any atom is 0.324 e. The van der Waals surface area contributed by atoms with Crippen LogP contribution in [0, 0.1) is 0 Å². The van der Waals surface area contributed by atoms with Gasteiger partial charge in [0.2, 0.25) is 5.13 Å². The van der Waals surface area contributed by atoms with Crippen LogP contribution in [-0.2, 0) is 0 Å². The molecule has 1 N–H and O–H groups in total. The lowest BCUT2D eigenvalue weighted by atomic mass is 10.0. The van der Waals surface area contributed by atoms with Crippen molar-refractivity contribution in [1.29, 1.82) is 0 Å². The van der Waals surface area contributed by atoms with Crippen molar-refractivity contribution >= 4 is 22.5 Å². The molecule has 1 aromatic carbocycles. The molecule has 0 radical (unpaired) electrons. The van der Waals surface area contributed by atoms with E-state index >= 15 is 0 Å². The molecule has 3 rings (SSSR count). The van der Waals surface area contributed by atoms with E-state index in [1.807, 2.05) is 18.2 Å². The summed E-state index contributed by atoms with van der Waals surface area (Å²) in [5.74, 6) is 1.50. The number of likely N-dealkylation sites (tertiary alicyclic amines) is 1. The summed E-state index contributed by atoms with van der Waals surface area (Å²) in [4.78, 5) is 14.3. The number of hydrogen-bond acceptors (Lipinski definition) is 6. The maximum atomic E-state index is 12.5. The van der Waals surface area contributed by atoms with Gasteiger partial charge in [0.25, 0.3) is 0 Å². The molecule has 8 heteroatoms.